The number of hydrogen-bond acceptors (Lipinski definition) is 4. The number of nitrogens with one attached hydrogen (secondary N) is 2. The lowest BCUT2D eigenvalue weighted by atomic mass is 10.2. The van der Waals surface area contributed by atoms with Gasteiger partial charge in [-0.2, -0.15) is 0 Å². The minimum atomic E-state index is -1.33. The molecular weight excluding hydrogens is 338 g/mol. The van der Waals surface area contributed by atoms with Crippen molar-refractivity contribution in [1.29, 1.82) is 0 Å². The molecule has 0 aromatic carbocycles. The summed E-state index contributed by atoms with van der Waals surface area (Å²) in [6.07, 6.45) is -0.451. The van der Waals surface area contributed by atoms with Gasteiger partial charge >= 0.3 is 12.0 Å². The molecule has 0 fully saturated rings. The van der Waals surface area contributed by atoms with Crippen molar-refractivity contribution >= 4 is 45.2 Å². The van der Waals surface area contributed by atoms with Gasteiger partial charge in [0, 0.05) is 14.7 Å². The van der Waals surface area contributed by atoms with Crippen molar-refractivity contribution in [3.8, 4) is 0 Å². The Labute approximate surface area is 121 Å². The van der Waals surface area contributed by atoms with Gasteiger partial charge in [-0.3, -0.25) is 4.79 Å². The Morgan fingerprint density at radius 2 is 2.16 bits per heavy atom. The summed E-state index contributed by atoms with van der Waals surface area (Å²) < 4.78 is 0.909. The maximum absolute atomic E-state index is 11.5. The number of aliphatic carboxylic acids is 1. The summed E-state index contributed by atoms with van der Waals surface area (Å²) in [4.78, 5) is 33.8. The van der Waals surface area contributed by atoms with Crippen LogP contribution in [0.3, 0.4) is 0 Å². The van der Waals surface area contributed by atoms with E-state index in [1.807, 2.05) is 11.4 Å². The van der Waals surface area contributed by atoms with Gasteiger partial charge in [0.2, 0.25) is 5.91 Å². The van der Waals surface area contributed by atoms with Crippen LogP contribution in [0.2, 0.25) is 0 Å². The number of carbonyl (C=O) groups is 3. The van der Waals surface area contributed by atoms with E-state index in [0.29, 0.717) is 0 Å². The first-order valence-electron chi connectivity index (χ1n) is 5.17. The van der Waals surface area contributed by atoms with Crippen LogP contribution in [0.15, 0.2) is 15.9 Å². The van der Waals surface area contributed by atoms with Crippen molar-refractivity contribution in [2.45, 2.75) is 19.0 Å². The van der Waals surface area contributed by atoms with E-state index in [-0.39, 0.29) is 6.54 Å². The molecule has 1 unspecified atom stereocenters. The molecule has 0 aliphatic carbocycles. The highest BCUT2D eigenvalue weighted by atomic mass is 79.9. The number of amides is 3. The second-order valence-corrected chi connectivity index (χ2v) is 5.53. The predicted octanol–water partition coefficient (Wildman–Crippen LogP) is 0.638. The van der Waals surface area contributed by atoms with Crippen molar-refractivity contribution in [2.24, 2.45) is 5.73 Å². The Hall–Kier alpha value is -1.61. The van der Waals surface area contributed by atoms with Crippen molar-refractivity contribution in [2.75, 3.05) is 0 Å². The standard InChI is InChI=1S/C10H12BrN3O4S/c11-5-1-6(19-4-5)3-13-10(18)14-7(9(16)17)2-8(12)15/h1,4,7H,2-3H2,(H2,12,15)(H,16,17)(H2,13,14,18). The van der Waals surface area contributed by atoms with Gasteiger partial charge in [-0.1, -0.05) is 0 Å². The highest BCUT2D eigenvalue weighted by Crippen LogP contribution is 2.19. The molecule has 1 aromatic heterocycles. The summed E-state index contributed by atoms with van der Waals surface area (Å²) in [7, 11) is 0. The summed E-state index contributed by atoms with van der Waals surface area (Å²) in [6.45, 7) is 0.269. The number of carbonyl (C=O) groups excluding carboxylic acids is 2. The lowest BCUT2D eigenvalue weighted by Crippen LogP contribution is -2.47. The molecule has 0 aliphatic heterocycles. The quantitative estimate of drug-likeness (QED) is 0.601. The zero-order valence-corrected chi connectivity index (χ0v) is 12.1. The first-order valence-corrected chi connectivity index (χ1v) is 6.84. The highest BCUT2D eigenvalue weighted by Gasteiger charge is 2.21. The second-order valence-electron chi connectivity index (χ2n) is 3.62. The number of nitrogens with two attached hydrogens (primary N) is 1. The summed E-state index contributed by atoms with van der Waals surface area (Å²) in [6, 6.07) is -0.158. The molecule has 19 heavy (non-hydrogen) atoms. The van der Waals surface area contributed by atoms with Crippen LogP contribution < -0.4 is 16.4 Å². The SMILES string of the molecule is NC(=O)CC(NC(=O)NCc1cc(Br)cs1)C(=O)O. The first-order chi connectivity index (χ1) is 8.88. The fourth-order valence-electron chi connectivity index (χ4n) is 1.22. The minimum Gasteiger partial charge on any atom is -0.480 e. The number of hydrogen-bond donors (Lipinski definition) is 4. The van der Waals surface area contributed by atoms with Crippen LogP contribution in [0.5, 0.6) is 0 Å². The van der Waals surface area contributed by atoms with Gasteiger partial charge in [0.05, 0.1) is 13.0 Å². The normalized spacial score (nSPS) is 11.6. The summed E-state index contributed by atoms with van der Waals surface area (Å²) in [5.41, 5.74) is 4.90. The van der Waals surface area contributed by atoms with Crippen LogP contribution in [0.4, 0.5) is 4.79 Å². The van der Waals surface area contributed by atoms with Crippen molar-refractivity contribution in [1.82, 2.24) is 10.6 Å². The van der Waals surface area contributed by atoms with Crippen molar-refractivity contribution in [3.63, 3.8) is 0 Å². The zero-order chi connectivity index (χ0) is 14.4. The van der Waals surface area contributed by atoms with Gasteiger partial charge in [-0.15, -0.1) is 11.3 Å². The number of carboxylic acids is 1. The van der Waals surface area contributed by atoms with E-state index in [0.717, 1.165) is 9.35 Å². The smallest absolute Gasteiger partial charge is 0.326 e. The fourth-order valence-corrected chi connectivity index (χ4v) is 2.62. The molecule has 9 heteroatoms. The van der Waals surface area contributed by atoms with Crippen LogP contribution in [-0.2, 0) is 16.1 Å². The van der Waals surface area contributed by atoms with E-state index < -0.39 is 30.4 Å². The third kappa shape index (κ3) is 5.71. The maximum Gasteiger partial charge on any atom is 0.326 e. The molecule has 0 radical (unpaired) electrons. The molecule has 104 valence electrons. The van der Waals surface area contributed by atoms with Gasteiger partial charge in [0.25, 0.3) is 0 Å². The zero-order valence-electron chi connectivity index (χ0n) is 9.68. The molecule has 0 bridgehead atoms. The van der Waals surface area contributed by atoms with Crippen LogP contribution in [0.25, 0.3) is 0 Å². The van der Waals surface area contributed by atoms with E-state index in [1.54, 1.807) is 0 Å². The first kappa shape index (κ1) is 15.4. The molecule has 1 aromatic rings. The molecule has 7 nitrogen and oxygen atoms in total. The monoisotopic (exact) mass is 349 g/mol. The molecule has 0 aliphatic rings. The molecule has 0 saturated carbocycles. The predicted molar refractivity (Wildman–Crippen MR) is 72.6 cm³/mol. The Balaban J connectivity index is 2.44. The number of carboxylic acid groups (broad SMARTS) is 1. The molecule has 1 rings (SSSR count). The molecular formula is C10H12BrN3O4S. The van der Waals surface area contributed by atoms with Crippen LogP contribution in [-0.4, -0.2) is 29.1 Å². The van der Waals surface area contributed by atoms with Crippen LogP contribution in [0, 0.1) is 0 Å². The second kappa shape index (κ2) is 7.10. The number of halogens is 1. The lowest BCUT2D eigenvalue weighted by Gasteiger charge is -2.13. The van der Waals surface area contributed by atoms with Gasteiger partial charge in [-0.25, -0.2) is 9.59 Å². The summed E-state index contributed by atoms with van der Waals surface area (Å²) >= 11 is 4.73. The van der Waals surface area contributed by atoms with E-state index in [2.05, 4.69) is 26.6 Å². The average molecular weight is 350 g/mol. The molecule has 5 N–H and O–H groups in total. The van der Waals surface area contributed by atoms with Gasteiger partial charge < -0.3 is 21.5 Å². The topological polar surface area (TPSA) is 122 Å². The van der Waals surface area contributed by atoms with Gasteiger partial charge in [-0.05, 0) is 22.0 Å². The molecule has 1 heterocycles. The highest BCUT2D eigenvalue weighted by molar-refractivity contribution is 9.10. The fraction of sp³-hybridized carbons (Fsp3) is 0.300. The largest absolute Gasteiger partial charge is 0.480 e. The number of urea groups is 1. The Kier molecular flexibility index (Phi) is 5.77. The van der Waals surface area contributed by atoms with Gasteiger partial charge in [0.15, 0.2) is 0 Å². The summed E-state index contributed by atoms with van der Waals surface area (Å²) in [5.74, 6) is -2.11. The van der Waals surface area contributed by atoms with Crippen molar-refractivity contribution in [3.05, 3.63) is 20.8 Å². The number of rotatable bonds is 6. The summed E-state index contributed by atoms with van der Waals surface area (Å²) in [5, 5.41) is 15.3. The number of thiophene rings is 1. The Bertz CT molecular complexity index is 491. The third-order valence-electron chi connectivity index (χ3n) is 2.05. The Morgan fingerprint density at radius 3 is 2.63 bits per heavy atom. The van der Waals surface area contributed by atoms with E-state index in [4.69, 9.17) is 10.8 Å². The molecule has 3 amide bonds. The Morgan fingerprint density at radius 1 is 1.47 bits per heavy atom. The lowest BCUT2D eigenvalue weighted by molar-refractivity contribution is -0.140. The van der Waals surface area contributed by atoms with E-state index >= 15 is 0 Å². The van der Waals surface area contributed by atoms with Crippen LogP contribution in [0.1, 0.15) is 11.3 Å². The molecule has 0 spiro atoms. The van der Waals surface area contributed by atoms with E-state index in [9.17, 15) is 14.4 Å². The average Bonchev–Trinajstić information content (AvgIpc) is 2.71. The third-order valence-corrected chi connectivity index (χ3v) is 3.75. The number of primary amides is 1. The van der Waals surface area contributed by atoms with E-state index in [1.165, 1.54) is 11.3 Å². The van der Waals surface area contributed by atoms with Crippen molar-refractivity contribution < 1.29 is 19.5 Å². The van der Waals surface area contributed by atoms with Gasteiger partial charge in [0.1, 0.15) is 6.04 Å². The molecule has 1 atom stereocenters. The maximum atomic E-state index is 11.5. The van der Waals surface area contributed by atoms with Crippen LogP contribution >= 0.6 is 27.3 Å². The molecule has 0 saturated heterocycles. The minimum absolute atomic E-state index is 0.269.